The normalized spacial score (nSPS) is 11.6. The van der Waals surface area contributed by atoms with Gasteiger partial charge < -0.3 is 15.2 Å². The Balaban J connectivity index is 2.06. The molecule has 0 bridgehead atoms. The average Bonchev–Trinajstić information content (AvgIpc) is 2.55. The predicted molar refractivity (Wildman–Crippen MR) is 90.7 cm³/mol. The number of benzene rings is 2. The number of aliphatic carboxylic acids is 1. The number of nitrogens with one attached hydrogen (secondary N) is 1. The zero-order valence-corrected chi connectivity index (χ0v) is 13.8. The minimum absolute atomic E-state index is 0.138. The highest BCUT2D eigenvalue weighted by atomic mass is 16.5. The summed E-state index contributed by atoms with van der Waals surface area (Å²) >= 11 is 0. The van der Waals surface area contributed by atoms with Gasteiger partial charge in [0.1, 0.15) is 6.61 Å². The van der Waals surface area contributed by atoms with Crippen molar-refractivity contribution >= 4 is 12.1 Å². The van der Waals surface area contributed by atoms with Crippen LogP contribution in [0, 0.1) is 13.8 Å². The van der Waals surface area contributed by atoms with E-state index in [9.17, 15) is 9.59 Å². The van der Waals surface area contributed by atoms with Crippen LogP contribution in [0.1, 0.15) is 34.7 Å². The molecule has 0 aliphatic rings. The van der Waals surface area contributed by atoms with E-state index in [1.54, 1.807) is 0 Å². The lowest BCUT2D eigenvalue weighted by Crippen LogP contribution is -2.31. The van der Waals surface area contributed by atoms with Gasteiger partial charge in [-0.2, -0.15) is 0 Å². The maximum atomic E-state index is 12.1. The lowest BCUT2D eigenvalue weighted by Gasteiger charge is -2.20. The van der Waals surface area contributed by atoms with Crippen LogP contribution in [0.3, 0.4) is 0 Å². The Kier molecular flexibility index (Phi) is 5.95. The molecule has 2 N–H and O–H groups in total. The summed E-state index contributed by atoms with van der Waals surface area (Å²) in [5.41, 5.74) is 3.59. The number of ether oxygens (including phenoxy) is 1. The SMILES string of the molecule is Cc1ccc(C)c(C(CC(=O)O)NC(=O)OCc2ccccc2)c1. The molecular formula is C19H21NO4. The first-order valence-electron chi connectivity index (χ1n) is 7.72. The van der Waals surface area contributed by atoms with Gasteiger partial charge in [0.05, 0.1) is 12.5 Å². The second kappa shape index (κ2) is 8.15. The number of aryl methyl sites for hydroxylation is 2. The Hall–Kier alpha value is -2.82. The van der Waals surface area contributed by atoms with Crippen molar-refractivity contribution in [1.82, 2.24) is 5.32 Å². The van der Waals surface area contributed by atoms with Gasteiger partial charge in [-0.05, 0) is 30.5 Å². The fourth-order valence-corrected chi connectivity index (χ4v) is 2.46. The number of carbonyl (C=O) groups is 2. The maximum absolute atomic E-state index is 12.1. The van der Waals surface area contributed by atoms with Crippen molar-refractivity contribution in [3.63, 3.8) is 0 Å². The molecule has 126 valence electrons. The summed E-state index contributed by atoms with van der Waals surface area (Å²) < 4.78 is 5.19. The van der Waals surface area contributed by atoms with Crippen LogP contribution < -0.4 is 5.32 Å². The smallest absolute Gasteiger partial charge is 0.407 e. The molecule has 1 unspecified atom stereocenters. The molecule has 2 aromatic carbocycles. The molecule has 24 heavy (non-hydrogen) atoms. The average molecular weight is 327 g/mol. The Morgan fingerprint density at radius 3 is 2.50 bits per heavy atom. The topological polar surface area (TPSA) is 75.6 Å². The lowest BCUT2D eigenvalue weighted by molar-refractivity contribution is -0.137. The summed E-state index contributed by atoms with van der Waals surface area (Å²) in [4.78, 5) is 23.2. The molecule has 0 saturated heterocycles. The summed E-state index contributed by atoms with van der Waals surface area (Å²) in [5, 5.41) is 11.8. The van der Waals surface area contributed by atoms with Gasteiger partial charge in [-0.25, -0.2) is 4.79 Å². The van der Waals surface area contributed by atoms with Gasteiger partial charge >= 0.3 is 12.1 Å². The zero-order valence-electron chi connectivity index (χ0n) is 13.8. The van der Waals surface area contributed by atoms with Gasteiger partial charge in [-0.3, -0.25) is 4.79 Å². The van der Waals surface area contributed by atoms with Crippen LogP contribution in [0.5, 0.6) is 0 Å². The molecule has 0 radical (unpaired) electrons. The minimum Gasteiger partial charge on any atom is -0.481 e. The third kappa shape index (κ3) is 5.12. The molecule has 5 nitrogen and oxygen atoms in total. The maximum Gasteiger partial charge on any atom is 0.407 e. The van der Waals surface area contributed by atoms with Gasteiger partial charge in [0.25, 0.3) is 0 Å². The van der Waals surface area contributed by atoms with E-state index >= 15 is 0 Å². The number of carboxylic acids is 1. The van der Waals surface area contributed by atoms with E-state index in [-0.39, 0.29) is 13.0 Å². The number of rotatable bonds is 6. The van der Waals surface area contributed by atoms with Crippen molar-refractivity contribution in [3.8, 4) is 0 Å². The highest BCUT2D eigenvalue weighted by Gasteiger charge is 2.20. The summed E-state index contributed by atoms with van der Waals surface area (Å²) in [6.45, 7) is 3.95. The number of alkyl carbamates (subject to hydrolysis) is 1. The van der Waals surface area contributed by atoms with E-state index in [0.717, 1.165) is 22.3 Å². The number of carbonyl (C=O) groups excluding carboxylic acids is 1. The van der Waals surface area contributed by atoms with E-state index in [4.69, 9.17) is 9.84 Å². The first kappa shape index (κ1) is 17.5. The summed E-state index contributed by atoms with van der Waals surface area (Å²) in [7, 11) is 0. The van der Waals surface area contributed by atoms with Gasteiger partial charge in [-0.1, -0.05) is 54.1 Å². The monoisotopic (exact) mass is 327 g/mol. The van der Waals surface area contributed by atoms with E-state index in [2.05, 4.69) is 5.32 Å². The molecule has 0 aliphatic heterocycles. The fourth-order valence-electron chi connectivity index (χ4n) is 2.46. The standard InChI is InChI=1S/C19H21NO4/c1-13-8-9-14(2)16(10-13)17(11-18(21)22)20-19(23)24-12-15-6-4-3-5-7-15/h3-10,17H,11-12H2,1-2H3,(H,20,23)(H,21,22). The van der Waals surface area contributed by atoms with E-state index in [0.29, 0.717) is 0 Å². The van der Waals surface area contributed by atoms with Gasteiger partial charge in [-0.15, -0.1) is 0 Å². The van der Waals surface area contributed by atoms with Crippen LogP contribution in [0.25, 0.3) is 0 Å². The molecule has 0 aliphatic carbocycles. The number of hydrogen-bond donors (Lipinski definition) is 2. The highest BCUT2D eigenvalue weighted by Crippen LogP contribution is 2.22. The molecule has 2 rings (SSSR count). The van der Waals surface area contributed by atoms with Crippen molar-refractivity contribution < 1.29 is 19.4 Å². The Morgan fingerprint density at radius 1 is 1.12 bits per heavy atom. The molecule has 2 aromatic rings. The Labute approximate surface area is 141 Å². The van der Waals surface area contributed by atoms with Crippen molar-refractivity contribution in [1.29, 1.82) is 0 Å². The largest absolute Gasteiger partial charge is 0.481 e. The van der Waals surface area contributed by atoms with Crippen molar-refractivity contribution in [3.05, 3.63) is 70.8 Å². The lowest BCUT2D eigenvalue weighted by atomic mass is 9.97. The summed E-state index contributed by atoms with van der Waals surface area (Å²) in [6, 6.07) is 14.4. The molecule has 5 heteroatoms. The predicted octanol–water partition coefficient (Wildman–Crippen LogP) is 3.75. The Bertz CT molecular complexity index is 713. The molecule has 1 atom stereocenters. The third-order valence-electron chi connectivity index (χ3n) is 3.69. The van der Waals surface area contributed by atoms with Crippen molar-refractivity contribution in [2.24, 2.45) is 0 Å². The van der Waals surface area contributed by atoms with E-state index in [1.807, 2.05) is 62.4 Å². The summed E-state index contributed by atoms with van der Waals surface area (Å²) in [6.07, 6.45) is -0.837. The van der Waals surface area contributed by atoms with Gasteiger partial charge in [0.2, 0.25) is 0 Å². The molecule has 1 amide bonds. The first-order valence-corrected chi connectivity index (χ1v) is 7.72. The molecule has 0 saturated carbocycles. The van der Waals surface area contributed by atoms with E-state index < -0.39 is 18.1 Å². The minimum atomic E-state index is -0.982. The second-order valence-corrected chi connectivity index (χ2v) is 5.72. The van der Waals surface area contributed by atoms with Crippen LogP contribution >= 0.6 is 0 Å². The fraction of sp³-hybridized carbons (Fsp3) is 0.263. The zero-order chi connectivity index (χ0) is 17.5. The quantitative estimate of drug-likeness (QED) is 0.847. The second-order valence-electron chi connectivity index (χ2n) is 5.72. The van der Waals surface area contributed by atoms with Gasteiger partial charge in [0.15, 0.2) is 0 Å². The number of hydrogen-bond acceptors (Lipinski definition) is 3. The van der Waals surface area contributed by atoms with Crippen molar-refractivity contribution in [2.45, 2.75) is 32.9 Å². The van der Waals surface area contributed by atoms with Gasteiger partial charge in [0, 0.05) is 0 Å². The summed E-state index contributed by atoms with van der Waals surface area (Å²) in [5.74, 6) is -0.982. The number of amides is 1. The first-order chi connectivity index (χ1) is 11.5. The van der Waals surface area contributed by atoms with Crippen LogP contribution in [0.2, 0.25) is 0 Å². The highest BCUT2D eigenvalue weighted by molar-refractivity contribution is 5.72. The van der Waals surface area contributed by atoms with Crippen molar-refractivity contribution in [2.75, 3.05) is 0 Å². The molecule has 0 spiro atoms. The Morgan fingerprint density at radius 2 is 1.83 bits per heavy atom. The van der Waals surface area contributed by atoms with Crippen LogP contribution in [-0.2, 0) is 16.1 Å². The van der Waals surface area contributed by atoms with Crippen LogP contribution in [0.4, 0.5) is 4.79 Å². The molecule has 0 aromatic heterocycles. The molecule has 0 fully saturated rings. The number of carboxylic acid groups (broad SMARTS) is 1. The van der Waals surface area contributed by atoms with E-state index in [1.165, 1.54) is 0 Å². The van der Waals surface area contributed by atoms with Crippen LogP contribution in [-0.4, -0.2) is 17.2 Å². The van der Waals surface area contributed by atoms with Crippen LogP contribution in [0.15, 0.2) is 48.5 Å². The molecular weight excluding hydrogens is 306 g/mol. The molecule has 0 heterocycles. The third-order valence-corrected chi connectivity index (χ3v) is 3.69.